The van der Waals surface area contributed by atoms with Gasteiger partial charge in [0.1, 0.15) is 0 Å². The number of piperidine rings is 1. The van der Waals surface area contributed by atoms with Crippen LogP contribution in [0.3, 0.4) is 0 Å². The minimum atomic E-state index is -0.0440. The second-order valence-electron chi connectivity index (χ2n) is 6.76. The lowest BCUT2D eigenvalue weighted by atomic mass is 10.0. The number of likely N-dealkylation sites (tertiary alicyclic amines) is 1. The van der Waals surface area contributed by atoms with Gasteiger partial charge in [0.2, 0.25) is 0 Å². The topological polar surface area (TPSA) is 35.6 Å². The third kappa shape index (κ3) is 3.17. The number of hydrogen-bond donors (Lipinski definition) is 1. The molecule has 0 aromatic heterocycles. The number of carbonyl (C=O) groups excluding carboxylic acids is 1. The van der Waals surface area contributed by atoms with Crippen molar-refractivity contribution < 1.29 is 4.79 Å². The van der Waals surface area contributed by atoms with Crippen molar-refractivity contribution in [3.8, 4) is 0 Å². The summed E-state index contributed by atoms with van der Waals surface area (Å²) in [7, 11) is 2.18. The molecule has 2 aromatic rings. The van der Waals surface area contributed by atoms with Crippen molar-refractivity contribution in [1.29, 1.82) is 0 Å². The van der Waals surface area contributed by atoms with Gasteiger partial charge in [-0.1, -0.05) is 35.9 Å². The van der Waals surface area contributed by atoms with Crippen LogP contribution < -0.4 is 10.2 Å². The van der Waals surface area contributed by atoms with Gasteiger partial charge >= 0.3 is 0 Å². The van der Waals surface area contributed by atoms with Crippen LogP contribution in [0.25, 0.3) is 0 Å². The lowest BCUT2D eigenvalue weighted by Crippen LogP contribution is -2.27. The van der Waals surface area contributed by atoms with E-state index < -0.39 is 0 Å². The Balaban J connectivity index is 1.71. The molecule has 0 unspecified atom stereocenters. The van der Waals surface area contributed by atoms with Crippen LogP contribution in [0.1, 0.15) is 23.2 Å². The van der Waals surface area contributed by atoms with Crippen molar-refractivity contribution in [3.63, 3.8) is 0 Å². The molecule has 0 spiro atoms. The fourth-order valence-corrected chi connectivity index (χ4v) is 3.56. The predicted octanol–water partition coefficient (Wildman–Crippen LogP) is 4.04. The van der Waals surface area contributed by atoms with Crippen molar-refractivity contribution in [3.05, 3.63) is 65.7 Å². The van der Waals surface area contributed by atoms with Crippen LogP contribution in [0.2, 0.25) is 0 Å². The minimum absolute atomic E-state index is 0.0440. The van der Waals surface area contributed by atoms with Gasteiger partial charge in [0.15, 0.2) is 0 Å². The van der Waals surface area contributed by atoms with E-state index in [2.05, 4.69) is 34.3 Å². The van der Waals surface area contributed by atoms with E-state index in [4.69, 9.17) is 0 Å². The van der Waals surface area contributed by atoms with Crippen molar-refractivity contribution >= 4 is 23.0 Å². The molecule has 1 saturated heterocycles. The summed E-state index contributed by atoms with van der Waals surface area (Å²) in [6, 6.07) is 15.9. The average Bonchev–Trinajstić information content (AvgIpc) is 2.76. The van der Waals surface area contributed by atoms with Crippen LogP contribution in [0.4, 0.5) is 17.1 Å². The van der Waals surface area contributed by atoms with Gasteiger partial charge in [0, 0.05) is 19.6 Å². The van der Waals surface area contributed by atoms with Gasteiger partial charge < -0.3 is 15.1 Å². The smallest absolute Gasteiger partial charge is 0.257 e. The molecule has 2 heterocycles. The first-order chi connectivity index (χ1) is 12.2. The molecule has 0 bridgehead atoms. The summed E-state index contributed by atoms with van der Waals surface area (Å²) in [5, 5.41) is 3.04. The van der Waals surface area contributed by atoms with E-state index in [0.717, 1.165) is 55.1 Å². The molecule has 1 N–H and O–H groups in total. The van der Waals surface area contributed by atoms with Crippen molar-refractivity contribution in [2.75, 3.05) is 36.9 Å². The van der Waals surface area contributed by atoms with E-state index in [1.807, 2.05) is 42.5 Å². The number of anilines is 3. The molecule has 0 atom stereocenters. The van der Waals surface area contributed by atoms with Crippen molar-refractivity contribution in [2.24, 2.45) is 0 Å². The summed E-state index contributed by atoms with van der Waals surface area (Å²) < 4.78 is 0. The number of para-hydroxylation sites is 3. The number of fused-ring (bicyclic) bond motifs is 2. The molecule has 0 saturated carbocycles. The summed E-state index contributed by atoms with van der Waals surface area (Å²) in [5.74, 6) is -0.0440. The van der Waals surface area contributed by atoms with Gasteiger partial charge in [-0.25, -0.2) is 0 Å². The molecule has 128 valence electrons. The molecule has 0 aliphatic carbocycles. The maximum Gasteiger partial charge on any atom is 0.257 e. The van der Waals surface area contributed by atoms with Crippen LogP contribution >= 0.6 is 0 Å². The molecule has 25 heavy (non-hydrogen) atoms. The number of nitrogens with one attached hydrogen (secondary N) is 1. The normalized spacial score (nSPS) is 17.4. The largest absolute Gasteiger partial charge is 0.335 e. The highest BCUT2D eigenvalue weighted by atomic mass is 16.1. The molecule has 2 aliphatic rings. The average molecular weight is 333 g/mol. The van der Waals surface area contributed by atoms with Gasteiger partial charge in [-0.3, -0.25) is 4.79 Å². The van der Waals surface area contributed by atoms with E-state index in [0.29, 0.717) is 0 Å². The van der Waals surface area contributed by atoms with Crippen LogP contribution in [-0.4, -0.2) is 37.5 Å². The molecule has 2 aliphatic heterocycles. The minimum Gasteiger partial charge on any atom is -0.335 e. The summed E-state index contributed by atoms with van der Waals surface area (Å²) in [6.45, 7) is 3.03. The molecule has 4 rings (SSSR count). The maximum absolute atomic E-state index is 12.6. The Hall–Kier alpha value is -2.59. The van der Waals surface area contributed by atoms with Crippen LogP contribution in [0.15, 0.2) is 60.2 Å². The zero-order valence-corrected chi connectivity index (χ0v) is 14.5. The first-order valence-electron chi connectivity index (χ1n) is 8.86. The van der Waals surface area contributed by atoms with E-state index >= 15 is 0 Å². The SMILES string of the molecule is CN1CCC(=CCN2c3ccccc3NC(=O)c3ccccc32)CC1. The second kappa shape index (κ2) is 6.73. The molecule has 1 amide bonds. The highest BCUT2D eigenvalue weighted by Crippen LogP contribution is 2.37. The monoisotopic (exact) mass is 333 g/mol. The Bertz CT molecular complexity index is 817. The Morgan fingerprint density at radius 3 is 2.48 bits per heavy atom. The van der Waals surface area contributed by atoms with E-state index in [9.17, 15) is 4.79 Å². The number of carbonyl (C=O) groups is 1. The van der Waals surface area contributed by atoms with Gasteiger partial charge in [-0.15, -0.1) is 0 Å². The second-order valence-corrected chi connectivity index (χ2v) is 6.76. The highest BCUT2D eigenvalue weighted by molar-refractivity contribution is 6.12. The predicted molar refractivity (Wildman–Crippen MR) is 103 cm³/mol. The molecule has 2 aromatic carbocycles. The number of rotatable bonds is 2. The third-order valence-corrected chi connectivity index (χ3v) is 5.07. The van der Waals surface area contributed by atoms with Gasteiger partial charge in [0.25, 0.3) is 5.91 Å². The lowest BCUT2D eigenvalue weighted by Gasteiger charge is -2.27. The quantitative estimate of drug-likeness (QED) is 0.843. The molecular weight excluding hydrogens is 310 g/mol. The first kappa shape index (κ1) is 15.9. The Labute approximate surface area is 148 Å². The first-order valence-corrected chi connectivity index (χ1v) is 8.86. The van der Waals surface area contributed by atoms with Crippen LogP contribution in [0.5, 0.6) is 0 Å². The molecule has 0 radical (unpaired) electrons. The highest BCUT2D eigenvalue weighted by Gasteiger charge is 2.24. The lowest BCUT2D eigenvalue weighted by molar-refractivity contribution is 0.102. The van der Waals surface area contributed by atoms with Crippen LogP contribution in [-0.2, 0) is 0 Å². The van der Waals surface area contributed by atoms with Crippen molar-refractivity contribution in [2.45, 2.75) is 12.8 Å². The Morgan fingerprint density at radius 2 is 1.68 bits per heavy atom. The van der Waals surface area contributed by atoms with E-state index in [1.54, 1.807) is 0 Å². The Kier molecular flexibility index (Phi) is 4.28. The summed E-state index contributed by atoms with van der Waals surface area (Å²) in [5.41, 5.74) is 5.11. The van der Waals surface area contributed by atoms with Crippen molar-refractivity contribution in [1.82, 2.24) is 4.90 Å². The zero-order chi connectivity index (χ0) is 17.2. The number of amides is 1. The fourth-order valence-electron chi connectivity index (χ4n) is 3.56. The van der Waals surface area contributed by atoms with E-state index in [1.165, 1.54) is 5.57 Å². The standard InChI is InChI=1S/C21H23N3O/c1-23-13-10-16(11-14-23)12-15-24-19-8-4-2-6-17(19)21(25)22-18-7-3-5-9-20(18)24/h2-9,12H,10-11,13-15H2,1H3,(H,22,25). The Morgan fingerprint density at radius 1 is 1.00 bits per heavy atom. The van der Waals surface area contributed by atoms with Gasteiger partial charge in [-0.2, -0.15) is 0 Å². The summed E-state index contributed by atoms with van der Waals surface area (Å²) >= 11 is 0. The van der Waals surface area contributed by atoms with E-state index in [-0.39, 0.29) is 5.91 Å². The summed E-state index contributed by atoms with van der Waals surface area (Å²) in [4.78, 5) is 17.2. The van der Waals surface area contributed by atoms with Gasteiger partial charge in [0.05, 0.1) is 22.6 Å². The van der Waals surface area contributed by atoms with Gasteiger partial charge in [-0.05, 0) is 44.2 Å². The molecule has 1 fully saturated rings. The maximum atomic E-state index is 12.6. The number of nitrogens with zero attached hydrogens (tertiary/aromatic N) is 2. The number of benzene rings is 2. The zero-order valence-electron chi connectivity index (χ0n) is 14.5. The van der Waals surface area contributed by atoms with Crippen LogP contribution in [0, 0.1) is 0 Å². The summed E-state index contributed by atoms with van der Waals surface area (Å²) in [6.07, 6.45) is 4.60. The number of hydrogen-bond acceptors (Lipinski definition) is 3. The molecule has 4 heteroatoms. The molecule has 4 nitrogen and oxygen atoms in total. The third-order valence-electron chi connectivity index (χ3n) is 5.07. The fraction of sp³-hybridized carbons (Fsp3) is 0.286. The molecular formula is C21H23N3O.